The van der Waals surface area contributed by atoms with E-state index in [1.54, 1.807) is 51.0 Å². The van der Waals surface area contributed by atoms with E-state index in [1.807, 2.05) is 4.90 Å². The number of carbonyl (C=O) groups is 2. The molecule has 2 rings (SSSR count). The zero-order chi connectivity index (χ0) is 20.1. The number of furan rings is 1. The van der Waals surface area contributed by atoms with Crippen LogP contribution in [0.5, 0.6) is 0 Å². The Labute approximate surface area is 158 Å². The molecule has 0 aliphatic heterocycles. The Hall–Kier alpha value is -2.67. The van der Waals surface area contributed by atoms with Crippen LogP contribution >= 0.6 is 0 Å². The maximum Gasteiger partial charge on any atom is 0.341 e. The SMILES string of the molecule is COC(=O)c1cc(CN(C)C(C)C(=O)N(C)Cc2cccc(F)c2)oc1C. The summed E-state index contributed by atoms with van der Waals surface area (Å²) in [6.07, 6.45) is 0. The van der Waals surface area contributed by atoms with Crippen LogP contribution in [-0.2, 0) is 22.6 Å². The van der Waals surface area contributed by atoms with Crippen molar-refractivity contribution in [3.63, 3.8) is 0 Å². The Kier molecular flexibility index (Phi) is 6.74. The maximum atomic E-state index is 13.3. The van der Waals surface area contributed by atoms with E-state index < -0.39 is 12.0 Å². The molecule has 146 valence electrons. The van der Waals surface area contributed by atoms with Crippen LogP contribution in [0.4, 0.5) is 4.39 Å². The van der Waals surface area contributed by atoms with Gasteiger partial charge in [-0.1, -0.05) is 12.1 Å². The van der Waals surface area contributed by atoms with Gasteiger partial charge in [0.15, 0.2) is 0 Å². The number of nitrogens with zero attached hydrogens (tertiary/aromatic N) is 2. The molecule has 7 heteroatoms. The second kappa shape index (κ2) is 8.81. The number of hydrogen-bond donors (Lipinski definition) is 0. The summed E-state index contributed by atoms with van der Waals surface area (Å²) in [5.41, 5.74) is 1.10. The van der Waals surface area contributed by atoms with E-state index in [0.29, 0.717) is 30.2 Å². The molecule has 1 aromatic carbocycles. The minimum Gasteiger partial charge on any atom is -0.465 e. The standard InChI is InChI=1S/C20H25FN2O4/c1-13(19(24)23(4)11-15-7-6-8-16(21)9-15)22(3)12-17-10-18(14(2)27-17)20(25)26-5/h6-10,13H,11-12H2,1-5H3. The Morgan fingerprint density at radius 3 is 2.56 bits per heavy atom. The second-order valence-corrected chi connectivity index (χ2v) is 6.59. The van der Waals surface area contributed by atoms with Crippen molar-refractivity contribution in [1.82, 2.24) is 9.80 Å². The molecular formula is C20H25FN2O4. The van der Waals surface area contributed by atoms with Crippen LogP contribution in [0.2, 0.25) is 0 Å². The highest BCUT2D eigenvalue weighted by atomic mass is 19.1. The second-order valence-electron chi connectivity index (χ2n) is 6.59. The zero-order valence-corrected chi connectivity index (χ0v) is 16.3. The van der Waals surface area contributed by atoms with Gasteiger partial charge in [0.05, 0.1) is 19.7 Å². The van der Waals surface area contributed by atoms with Crippen LogP contribution in [0, 0.1) is 12.7 Å². The summed E-state index contributed by atoms with van der Waals surface area (Å²) in [7, 11) is 4.80. The summed E-state index contributed by atoms with van der Waals surface area (Å²) in [5.74, 6) is 0.172. The number of rotatable bonds is 7. The molecule has 0 saturated heterocycles. The van der Waals surface area contributed by atoms with Crippen LogP contribution in [0.25, 0.3) is 0 Å². The Bertz CT molecular complexity index is 818. The maximum absolute atomic E-state index is 13.3. The van der Waals surface area contributed by atoms with Crippen LogP contribution < -0.4 is 0 Å². The fourth-order valence-electron chi connectivity index (χ4n) is 2.81. The molecule has 0 saturated carbocycles. The molecule has 1 aromatic heterocycles. The van der Waals surface area contributed by atoms with Crippen molar-refractivity contribution in [3.05, 3.63) is 58.8 Å². The predicted molar refractivity (Wildman–Crippen MR) is 98.6 cm³/mol. The first-order valence-corrected chi connectivity index (χ1v) is 8.60. The molecular weight excluding hydrogens is 351 g/mol. The molecule has 1 heterocycles. The number of aryl methyl sites for hydroxylation is 1. The summed E-state index contributed by atoms with van der Waals surface area (Å²) in [6.45, 7) is 4.16. The molecule has 0 bridgehead atoms. The molecule has 6 nitrogen and oxygen atoms in total. The molecule has 0 aliphatic rings. The van der Waals surface area contributed by atoms with E-state index >= 15 is 0 Å². The molecule has 27 heavy (non-hydrogen) atoms. The third-order valence-electron chi connectivity index (χ3n) is 4.48. The fourth-order valence-corrected chi connectivity index (χ4v) is 2.81. The molecule has 2 aromatic rings. The van der Waals surface area contributed by atoms with E-state index in [0.717, 1.165) is 5.56 Å². The number of carbonyl (C=O) groups excluding carboxylic acids is 2. The first kappa shape index (κ1) is 20.6. The average Bonchev–Trinajstić information content (AvgIpc) is 2.99. The van der Waals surface area contributed by atoms with E-state index in [9.17, 15) is 14.0 Å². The zero-order valence-electron chi connectivity index (χ0n) is 16.3. The Morgan fingerprint density at radius 1 is 1.22 bits per heavy atom. The summed E-state index contributed by atoms with van der Waals surface area (Å²) in [4.78, 5) is 27.7. The number of amides is 1. The molecule has 1 amide bonds. The summed E-state index contributed by atoms with van der Waals surface area (Å²) < 4.78 is 23.6. The van der Waals surface area contributed by atoms with Gasteiger partial charge in [-0.15, -0.1) is 0 Å². The number of benzene rings is 1. The van der Waals surface area contributed by atoms with Gasteiger partial charge in [-0.25, -0.2) is 9.18 Å². The van der Waals surface area contributed by atoms with E-state index in [4.69, 9.17) is 9.15 Å². The van der Waals surface area contributed by atoms with Gasteiger partial charge < -0.3 is 14.1 Å². The summed E-state index contributed by atoms with van der Waals surface area (Å²) >= 11 is 0. The van der Waals surface area contributed by atoms with Crippen molar-refractivity contribution in [3.8, 4) is 0 Å². The van der Waals surface area contributed by atoms with E-state index in [2.05, 4.69) is 0 Å². The summed E-state index contributed by atoms with van der Waals surface area (Å²) in [5, 5.41) is 0. The lowest BCUT2D eigenvalue weighted by molar-refractivity contribution is -0.135. The fraction of sp³-hybridized carbons (Fsp3) is 0.400. The van der Waals surface area contributed by atoms with Gasteiger partial charge in [0, 0.05) is 13.6 Å². The summed E-state index contributed by atoms with van der Waals surface area (Å²) in [6, 6.07) is 7.40. The number of hydrogen-bond acceptors (Lipinski definition) is 5. The molecule has 0 aliphatic carbocycles. The molecule has 0 N–H and O–H groups in total. The van der Waals surface area contributed by atoms with Crippen molar-refractivity contribution in [2.45, 2.75) is 33.0 Å². The highest BCUT2D eigenvalue weighted by molar-refractivity contribution is 5.90. The van der Waals surface area contributed by atoms with Gasteiger partial charge in [-0.3, -0.25) is 9.69 Å². The van der Waals surface area contributed by atoms with Crippen molar-refractivity contribution < 1.29 is 23.1 Å². The number of ether oxygens (including phenoxy) is 1. The van der Waals surface area contributed by atoms with Crippen LogP contribution in [-0.4, -0.2) is 48.9 Å². The lowest BCUT2D eigenvalue weighted by atomic mass is 10.2. The van der Waals surface area contributed by atoms with Crippen LogP contribution in [0.15, 0.2) is 34.7 Å². The van der Waals surface area contributed by atoms with Crippen LogP contribution in [0.3, 0.4) is 0 Å². The van der Waals surface area contributed by atoms with Crippen LogP contribution in [0.1, 0.15) is 34.4 Å². The Balaban J connectivity index is 2.00. The predicted octanol–water partition coefficient (Wildman–Crippen LogP) is 2.99. The third-order valence-corrected chi connectivity index (χ3v) is 4.48. The third kappa shape index (κ3) is 5.17. The topological polar surface area (TPSA) is 63.0 Å². The number of halogens is 1. The minimum absolute atomic E-state index is 0.0989. The molecule has 0 spiro atoms. The highest BCUT2D eigenvalue weighted by Gasteiger charge is 2.24. The van der Waals surface area contributed by atoms with Gasteiger partial charge >= 0.3 is 5.97 Å². The Morgan fingerprint density at radius 2 is 1.93 bits per heavy atom. The smallest absolute Gasteiger partial charge is 0.341 e. The minimum atomic E-state index is -0.455. The number of likely N-dealkylation sites (N-methyl/N-ethyl adjacent to an activating group) is 2. The van der Waals surface area contributed by atoms with Gasteiger partial charge in [0.25, 0.3) is 0 Å². The van der Waals surface area contributed by atoms with Crippen molar-refractivity contribution in [2.24, 2.45) is 0 Å². The molecule has 1 unspecified atom stereocenters. The van der Waals surface area contributed by atoms with E-state index in [-0.39, 0.29) is 11.7 Å². The van der Waals surface area contributed by atoms with Gasteiger partial charge in [0.2, 0.25) is 5.91 Å². The first-order chi connectivity index (χ1) is 12.7. The number of esters is 1. The quantitative estimate of drug-likeness (QED) is 0.695. The first-order valence-electron chi connectivity index (χ1n) is 8.60. The van der Waals surface area contributed by atoms with Gasteiger partial charge in [0.1, 0.15) is 22.9 Å². The van der Waals surface area contributed by atoms with Crippen molar-refractivity contribution in [1.29, 1.82) is 0 Å². The largest absolute Gasteiger partial charge is 0.465 e. The average molecular weight is 376 g/mol. The monoisotopic (exact) mass is 376 g/mol. The molecule has 1 atom stereocenters. The number of methoxy groups -OCH3 is 1. The van der Waals surface area contributed by atoms with Crippen molar-refractivity contribution in [2.75, 3.05) is 21.2 Å². The highest BCUT2D eigenvalue weighted by Crippen LogP contribution is 2.18. The normalized spacial score (nSPS) is 12.1. The van der Waals surface area contributed by atoms with E-state index in [1.165, 1.54) is 19.2 Å². The molecule has 0 fully saturated rings. The van der Waals surface area contributed by atoms with Gasteiger partial charge in [-0.2, -0.15) is 0 Å². The molecule has 0 radical (unpaired) electrons. The van der Waals surface area contributed by atoms with Gasteiger partial charge in [-0.05, 0) is 44.7 Å². The lowest BCUT2D eigenvalue weighted by Gasteiger charge is -2.27. The lowest BCUT2D eigenvalue weighted by Crippen LogP contribution is -2.43. The van der Waals surface area contributed by atoms with Crippen molar-refractivity contribution >= 4 is 11.9 Å².